The van der Waals surface area contributed by atoms with E-state index in [0.717, 1.165) is 12.1 Å². The normalized spacial score (nSPS) is 9.86. The highest BCUT2D eigenvalue weighted by molar-refractivity contribution is 7.99. The molecule has 0 bridgehead atoms. The molecule has 1 aromatic rings. The van der Waals surface area contributed by atoms with Crippen LogP contribution in [-0.4, -0.2) is 17.9 Å². The van der Waals surface area contributed by atoms with E-state index >= 15 is 0 Å². The predicted molar refractivity (Wildman–Crippen MR) is 62.8 cm³/mol. The van der Waals surface area contributed by atoms with Crippen molar-refractivity contribution in [2.45, 2.75) is 13.3 Å². The number of thioether (sulfide) groups is 1. The summed E-state index contributed by atoms with van der Waals surface area (Å²) in [7, 11) is 0. The van der Waals surface area contributed by atoms with Gasteiger partial charge in [0.25, 0.3) is 0 Å². The topological polar surface area (TPSA) is 29.1 Å². The van der Waals surface area contributed by atoms with Crippen molar-refractivity contribution in [2.75, 3.05) is 17.3 Å². The Bertz CT molecular complexity index is 312. The van der Waals surface area contributed by atoms with Crippen LogP contribution >= 0.6 is 11.8 Å². The number of anilines is 1. The summed E-state index contributed by atoms with van der Waals surface area (Å²) in [6.07, 6.45) is 2.91. The Morgan fingerprint density at radius 2 is 2.29 bits per heavy atom. The fraction of sp³-hybridized carbons (Fsp3) is 0.364. The summed E-state index contributed by atoms with van der Waals surface area (Å²) in [4.78, 5) is 11.3. The van der Waals surface area contributed by atoms with Crippen LogP contribution in [0.3, 0.4) is 0 Å². The van der Waals surface area contributed by atoms with Gasteiger partial charge in [-0.25, -0.2) is 0 Å². The van der Waals surface area contributed by atoms with Gasteiger partial charge in [0.2, 0.25) is 5.91 Å². The molecule has 0 aliphatic rings. The SMILES string of the molecule is CCc1cccc(NC(=O)CSC)c1. The van der Waals surface area contributed by atoms with Gasteiger partial charge in [-0.3, -0.25) is 4.79 Å². The van der Waals surface area contributed by atoms with E-state index in [4.69, 9.17) is 0 Å². The average Bonchev–Trinajstić information content (AvgIpc) is 2.18. The summed E-state index contributed by atoms with van der Waals surface area (Å²) in [5, 5.41) is 2.86. The van der Waals surface area contributed by atoms with Gasteiger partial charge in [0.1, 0.15) is 0 Å². The van der Waals surface area contributed by atoms with Gasteiger partial charge in [0, 0.05) is 5.69 Å². The third-order valence-electron chi connectivity index (χ3n) is 1.89. The molecule has 0 aliphatic heterocycles. The Labute approximate surface area is 89.1 Å². The number of carbonyl (C=O) groups is 1. The molecule has 0 saturated heterocycles. The van der Waals surface area contributed by atoms with Crippen molar-refractivity contribution >= 4 is 23.4 Å². The maximum atomic E-state index is 11.3. The zero-order valence-corrected chi connectivity index (χ0v) is 9.36. The molecule has 0 atom stereocenters. The average molecular weight is 209 g/mol. The minimum absolute atomic E-state index is 0.0609. The molecule has 0 aliphatic carbocycles. The summed E-state index contributed by atoms with van der Waals surface area (Å²) in [6, 6.07) is 7.95. The van der Waals surface area contributed by atoms with E-state index in [2.05, 4.69) is 18.3 Å². The van der Waals surface area contributed by atoms with Crippen LogP contribution in [0.1, 0.15) is 12.5 Å². The van der Waals surface area contributed by atoms with Crippen LogP contribution in [-0.2, 0) is 11.2 Å². The fourth-order valence-electron chi connectivity index (χ4n) is 1.20. The van der Waals surface area contributed by atoms with Crippen LogP contribution in [0.25, 0.3) is 0 Å². The Kier molecular flexibility index (Phi) is 4.53. The van der Waals surface area contributed by atoms with Crippen molar-refractivity contribution in [1.29, 1.82) is 0 Å². The Balaban J connectivity index is 2.62. The van der Waals surface area contributed by atoms with E-state index in [-0.39, 0.29) is 5.91 Å². The first-order valence-corrected chi connectivity index (χ1v) is 6.03. The highest BCUT2D eigenvalue weighted by Gasteiger charge is 2.00. The lowest BCUT2D eigenvalue weighted by molar-refractivity contribution is -0.113. The molecule has 0 spiro atoms. The van der Waals surface area contributed by atoms with E-state index in [1.165, 1.54) is 17.3 Å². The van der Waals surface area contributed by atoms with Crippen molar-refractivity contribution in [1.82, 2.24) is 0 Å². The molecule has 0 aromatic heterocycles. The number of benzene rings is 1. The molecule has 0 heterocycles. The lowest BCUT2D eigenvalue weighted by Gasteiger charge is -2.05. The van der Waals surface area contributed by atoms with Crippen LogP contribution in [0.2, 0.25) is 0 Å². The zero-order chi connectivity index (χ0) is 10.4. The van der Waals surface area contributed by atoms with Gasteiger partial charge < -0.3 is 5.32 Å². The minimum atomic E-state index is 0.0609. The molecule has 0 fully saturated rings. The molecule has 1 N–H and O–H groups in total. The highest BCUT2D eigenvalue weighted by atomic mass is 32.2. The standard InChI is InChI=1S/C11H15NOS/c1-3-9-5-4-6-10(7-9)12-11(13)8-14-2/h4-7H,3,8H2,1-2H3,(H,12,13). The summed E-state index contributed by atoms with van der Waals surface area (Å²) in [5.74, 6) is 0.571. The number of hydrogen-bond acceptors (Lipinski definition) is 2. The largest absolute Gasteiger partial charge is 0.325 e. The van der Waals surface area contributed by atoms with Gasteiger partial charge in [0.05, 0.1) is 5.75 Å². The van der Waals surface area contributed by atoms with E-state index in [1.54, 1.807) is 0 Å². The third kappa shape index (κ3) is 3.42. The predicted octanol–water partition coefficient (Wildman–Crippen LogP) is 2.55. The molecule has 0 saturated carbocycles. The first kappa shape index (κ1) is 11.1. The number of hydrogen-bond donors (Lipinski definition) is 1. The number of nitrogens with one attached hydrogen (secondary N) is 1. The third-order valence-corrected chi connectivity index (χ3v) is 2.45. The molecule has 1 rings (SSSR count). The molecular formula is C11H15NOS. The first-order chi connectivity index (χ1) is 6.76. The molecule has 1 aromatic carbocycles. The fourth-order valence-corrected chi connectivity index (χ4v) is 1.53. The molecule has 3 heteroatoms. The van der Waals surface area contributed by atoms with Gasteiger partial charge in [-0.05, 0) is 30.4 Å². The molecule has 14 heavy (non-hydrogen) atoms. The zero-order valence-electron chi connectivity index (χ0n) is 8.54. The van der Waals surface area contributed by atoms with Crippen LogP contribution < -0.4 is 5.32 Å². The summed E-state index contributed by atoms with van der Waals surface area (Å²) in [6.45, 7) is 2.10. The lowest BCUT2D eigenvalue weighted by atomic mass is 10.1. The van der Waals surface area contributed by atoms with Gasteiger partial charge in [-0.2, -0.15) is 11.8 Å². The van der Waals surface area contributed by atoms with Gasteiger partial charge in [0.15, 0.2) is 0 Å². The second kappa shape index (κ2) is 5.70. The van der Waals surface area contributed by atoms with Gasteiger partial charge in [-0.1, -0.05) is 19.1 Å². The van der Waals surface area contributed by atoms with Crippen molar-refractivity contribution in [3.8, 4) is 0 Å². The molecular weight excluding hydrogens is 194 g/mol. The van der Waals surface area contributed by atoms with E-state index in [0.29, 0.717) is 5.75 Å². The van der Waals surface area contributed by atoms with Crippen LogP contribution in [0, 0.1) is 0 Å². The van der Waals surface area contributed by atoms with E-state index < -0.39 is 0 Å². The lowest BCUT2D eigenvalue weighted by Crippen LogP contribution is -2.13. The summed E-state index contributed by atoms with van der Waals surface area (Å²) in [5.41, 5.74) is 2.13. The van der Waals surface area contributed by atoms with Gasteiger partial charge >= 0.3 is 0 Å². The summed E-state index contributed by atoms with van der Waals surface area (Å²) < 4.78 is 0. The van der Waals surface area contributed by atoms with Crippen molar-refractivity contribution in [3.63, 3.8) is 0 Å². The molecule has 0 radical (unpaired) electrons. The molecule has 1 amide bonds. The van der Waals surface area contributed by atoms with Crippen molar-refractivity contribution in [3.05, 3.63) is 29.8 Å². The number of rotatable bonds is 4. The molecule has 76 valence electrons. The maximum absolute atomic E-state index is 11.3. The minimum Gasteiger partial charge on any atom is -0.325 e. The highest BCUT2D eigenvalue weighted by Crippen LogP contribution is 2.11. The summed E-state index contributed by atoms with van der Waals surface area (Å²) >= 11 is 1.53. The van der Waals surface area contributed by atoms with Crippen LogP contribution in [0.4, 0.5) is 5.69 Å². The van der Waals surface area contributed by atoms with E-state index in [9.17, 15) is 4.79 Å². The Morgan fingerprint density at radius 1 is 1.50 bits per heavy atom. The van der Waals surface area contributed by atoms with E-state index in [1.807, 2.05) is 24.5 Å². The number of aryl methyl sites for hydroxylation is 1. The number of carbonyl (C=O) groups excluding carboxylic acids is 1. The molecule has 0 unspecified atom stereocenters. The van der Waals surface area contributed by atoms with Gasteiger partial charge in [-0.15, -0.1) is 0 Å². The van der Waals surface area contributed by atoms with Crippen LogP contribution in [0.5, 0.6) is 0 Å². The monoisotopic (exact) mass is 209 g/mol. The van der Waals surface area contributed by atoms with Crippen molar-refractivity contribution in [2.24, 2.45) is 0 Å². The number of amides is 1. The van der Waals surface area contributed by atoms with Crippen molar-refractivity contribution < 1.29 is 4.79 Å². The quantitative estimate of drug-likeness (QED) is 0.825. The maximum Gasteiger partial charge on any atom is 0.234 e. The first-order valence-electron chi connectivity index (χ1n) is 4.64. The molecule has 2 nitrogen and oxygen atoms in total. The second-order valence-corrected chi connectivity index (χ2v) is 3.90. The van der Waals surface area contributed by atoms with Crippen LogP contribution in [0.15, 0.2) is 24.3 Å². The second-order valence-electron chi connectivity index (χ2n) is 3.04. The Hall–Kier alpha value is -0.960. The Morgan fingerprint density at radius 3 is 2.93 bits per heavy atom. The smallest absolute Gasteiger partial charge is 0.234 e.